The maximum absolute atomic E-state index is 12.4. The van der Waals surface area contributed by atoms with E-state index in [1.54, 1.807) is 29.9 Å². The number of nitrogens with zero attached hydrogens (tertiary/aromatic N) is 6. The first-order chi connectivity index (χ1) is 13.2. The van der Waals surface area contributed by atoms with E-state index in [9.17, 15) is 4.79 Å². The van der Waals surface area contributed by atoms with Crippen molar-refractivity contribution in [2.45, 2.75) is 18.8 Å². The summed E-state index contributed by atoms with van der Waals surface area (Å²) < 4.78 is 1.54. The van der Waals surface area contributed by atoms with E-state index < -0.39 is 0 Å². The minimum Gasteiger partial charge on any atom is -0.355 e. The molecule has 0 amide bonds. The minimum atomic E-state index is -0.0862. The molecule has 1 N–H and O–H groups in total. The summed E-state index contributed by atoms with van der Waals surface area (Å²) in [5, 5.41) is 12.6. The molecule has 4 heterocycles. The second-order valence-electron chi connectivity index (χ2n) is 7.42. The van der Waals surface area contributed by atoms with Gasteiger partial charge in [0.2, 0.25) is 5.95 Å². The fraction of sp³-hybridized carbons (Fsp3) is 0.421. The quantitative estimate of drug-likeness (QED) is 0.735. The molecule has 0 spiro atoms. The molecule has 1 aliphatic heterocycles. The van der Waals surface area contributed by atoms with Crippen LogP contribution in [-0.2, 0) is 7.05 Å². The molecule has 3 aromatic rings. The van der Waals surface area contributed by atoms with E-state index in [4.69, 9.17) is 0 Å². The van der Waals surface area contributed by atoms with Gasteiger partial charge in [-0.2, -0.15) is 10.1 Å². The van der Waals surface area contributed by atoms with E-state index in [0.717, 1.165) is 31.1 Å². The molecule has 8 heteroatoms. The van der Waals surface area contributed by atoms with Crippen LogP contribution in [0.15, 0.2) is 35.3 Å². The molecular formula is C19H21N7O. The lowest BCUT2D eigenvalue weighted by Crippen LogP contribution is -2.50. The molecule has 2 aliphatic rings. The summed E-state index contributed by atoms with van der Waals surface area (Å²) >= 11 is 0. The average Bonchev–Trinajstić information content (AvgIpc) is 3.50. The number of hydrogen-bond donors (Lipinski definition) is 1. The molecule has 0 radical (unpaired) electrons. The van der Waals surface area contributed by atoms with E-state index >= 15 is 0 Å². The SMILES string of the molecule is Cn1c(NCC2CN(c3ccc(C4CC4)nn3)C2)nc2ncccc2c1=O. The first-order valence-electron chi connectivity index (χ1n) is 9.33. The normalized spacial score (nSPS) is 17.1. The van der Waals surface area contributed by atoms with Gasteiger partial charge in [0.15, 0.2) is 11.5 Å². The Morgan fingerprint density at radius 1 is 1.19 bits per heavy atom. The van der Waals surface area contributed by atoms with Crippen LogP contribution in [0.3, 0.4) is 0 Å². The number of nitrogens with one attached hydrogen (secondary N) is 1. The van der Waals surface area contributed by atoms with Crippen LogP contribution in [0.25, 0.3) is 11.0 Å². The van der Waals surface area contributed by atoms with Crippen LogP contribution < -0.4 is 15.8 Å². The molecule has 2 fully saturated rings. The van der Waals surface area contributed by atoms with E-state index in [0.29, 0.717) is 28.8 Å². The molecule has 138 valence electrons. The van der Waals surface area contributed by atoms with Gasteiger partial charge in [-0.15, -0.1) is 5.10 Å². The maximum Gasteiger partial charge on any atom is 0.264 e. The minimum absolute atomic E-state index is 0.0862. The number of pyridine rings is 1. The van der Waals surface area contributed by atoms with Gasteiger partial charge in [0.25, 0.3) is 5.56 Å². The van der Waals surface area contributed by atoms with Crippen LogP contribution in [0.4, 0.5) is 11.8 Å². The van der Waals surface area contributed by atoms with Crippen molar-refractivity contribution >= 4 is 22.8 Å². The zero-order valence-corrected chi connectivity index (χ0v) is 15.2. The second kappa shape index (κ2) is 6.29. The molecule has 0 aromatic carbocycles. The number of aromatic nitrogens is 5. The van der Waals surface area contributed by atoms with E-state index in [2.05, 4.69) is 42.5 Å². The number of rotatable bonds is 5. The third-order valence-corrected chi connectivity index (χ3v) is 5.35. The molecular weight excluding hydrogens is 342 g/mol. The van der Waals surface area contributed by atoms with Gasteiger partial charge in [0, 0.05) is 44.7 Å². The molecule has 27 heavy (non-hydrogen) atoms. The summed E-state index contributed by atoms with van der Waals surface area (Å²) in [6, 6.07) is 7.68. The van der Waals surface area contributed by atoms with Gasteiger partial charge in [-0.1, -0.05) is 0 Å². The fourth-order valence-corrected chi connectivity index (χ4v) is 3.49. The summed E-state index contributed by atoms with van der Waals surface area (Å²) in [4.78, 5) is 23.3. The Kier molecular flexibility index (Phi) is 3.77. The van der Waals surface area contributed by atoms with Crippen LogP contribution in [0.2, 0.25) is 0 Å². The number of anilines is 2. The van der Waals surface area contributed by atoms with E-state index in [1.807, 2.05) is 0 Å². The van der Waals surface area contributed by atoms with Gasteiger partial charge in [-0.3, -0.25) is 9.36 Å². The smallest absolute Gasteiger partial charge is 0.264 e. The third-order valence-electron chi connectivity index (χ3n) is 5.35. The van der Waals surface area contributed by atoms with Gasteiger partial charge in [0.05, 0.1) is 11.1 Å². The zero-order chi connectivity index (χ0) is 18.4. The second-order valence-corrected chi connectivity index (χ2v) is 7.42. The van der Waals surface area contributed by atoms with Gasteiger partial charge in [-0.25, -0.2) is 4.98 Å². The van der Waals surface area contributed by atoms with Crippen molar-refractivity contribution < 1.29 is 0 Å². The Hall–Kier alpha value is -3.03. The predicted octanol–water partition coefficient (Wildman–Crippen LogP) is 1.54. The van der Waals surface area contributed by atoms with Crippen molar-refractivity contribution in [2.75, 3.05) is 29.9 Å². The lowest BCUT2D eigenvalue weighted by Gasteiger charge is -2.40. The van der Waals surface area contributed by atoms with Crippen molar-refractivity contribution in [1.29, 1.82) is 0 Å². The number of fused-ring (bicyclic) bond motifs is 1. The Balaban J connectivity index is 1.21. The molecule has 0 atom stereocenters. The molecule has 8 nitrogen and oxygen atoms in total. The van der Waals surface area contributed by atoms with E-state index in [-0.39, 0.29) is 5.56 Å². The summed E-state index contributed by atoms with van der Waals surface area (Å²) in [7, 11) is 1.73. The Morgan fingerprint density at radius 3 is 2.78 bits per heavy atom. The van der Waals surface area contributed by atoms with Crippen LogP contribution in [-0.4, -0.2) is 44.4 Å². The van der Waals surface area contributed by atoms with Gasteiger partial charge < -0.3 is 10.2 Å². The topological polar surface area (TPSA) is 88.8 Å². The van der Waals surface area contributed by atoms with Gasteiger partial charge >= 0.3 is 0 Å². The molecule has 1 aliphatic carbocycles. The highest BCUT2D eigenvalue weighted by Gasteiger charge is 2.29. The highest BCUT2D eigenvalue weighted by Crippen LogP contribution is 2.38. The van der Waals surface area contributed by atoms with Crippen molar-refractivity contribution in [3.05, 3.63) is 46.5 Å². The standard InChI is InChI=1S/C19H21N7O/c1-25-18(27)14-3-2-8-20-17(14)22-19(25)21-9-12-10-26(11-12)16-7-6-15(23-24-16)13-4-5-13/h2-3,6-8,12-13H,4-5,9-11H2,1H3,(H,20,21,22). The average molecular weight is 363 g/mol. The summed E-state index contributed by atoms with van der Waals surface area (Å²) in [6.45, 7) is 2.59. The fourth-order valence-electron chi connectivity index (χ4n) is 3.49. The molecule has 1 saturated carbocycles. The molecule has 1 saturated heterocycles. The monoisotopic (exact) mass is 363 g/mol. The Labute approximate surface area is 156 Å². The van der Waals surface area contributed by atoms with Crippen LogP contribution in [0, 0.1) is 5.92 Å². The summed E-state index contributed by atoms with van der Waals surface area (Å²) in [6.07, 6.45) is 4.14. The lowest BCUT2D eigenvalue weighted by molar-refractivity contribution is 0.424. The molecule has 0 bridgehead atoms. The van der Waals surface area contributed by atoms with Gasteiger partial charge in [0.1, 0.15) is 0 Å². The van der Waals surface area contributed by atoms with Crippen LogP contribution >= 0.6 is 0 Å². The highest BCUT2D eigenvalue weighted by atomic mass is 16.1. The van der Waals surface area contributed by atoms with Crippen LogP contribution in [0.1, 0.15) is 24.5 Å². The first-order valence-corrected chi connectivity index (χ1v) is 9.33. The molecule has 5 rings (SSSR count). The first kappa shape index (κ1) is 16.2. The highest BCUT2D eigenvalue weighted by molar-refractivity contribution is 5.74. The zero-order valence-electron chi connectivity index (χ0n) is 15.2. The lowest BCUT2D eigenvalue weighted by atomic mass is 10.0. The van der Waals surface area contributed by atoms with Crippen molar-refractivity contribution in [3.8, 4) is 0 Å². The van der Waals surface area contributed by atoms with E-state index in [1.165, 1.54) is 12.8 Å². The number of hydrogen-bond acceptors (Lipinski definition) is 7. The van der Waals surface area contributed by atoms with Gasteiger partial charge in [-0.05, 0) is 37.1 Å². The summed E-state index contributed by atoms with van der Waals surface area (Å²) in [5.74, 6) is 2.61. The Morgan fingerprint density at radius 2 is 2.04 bits per heavy atom. The third kappa shape index (κ3) is 3.01. The van der Waals surface area contributed by atoms with Crippen LogP contribution in [0.5, 0.6) is 0 Å². The van der Waals surface area contributed by atoms with Crippen molar-refractivity contribution in [1.82, 2.24) is 24.7 Å². The Bertz CT molecular complexity index is 1040. The van der Waals surface area contributed by atoms with Crippen molar-refractivity contribution in [3.63, 3.8) is 0 Å². The van der Waals surface area contributed by atoms with Crippen molar-refractivity contribution in [2.24, 2.45) is 13.0 Å². The summed E-state index contributed by atoms with van der Waals surface area (Å²) in [5.41, 5.74) is 1.51. The predicted molar refractivity (Wildman–Crippen MR) is 103 cm³/mol. The molecule has 3 aromatic heterocycles. The molecule has 0 unspecified atom stereocenters. The largest absolute Gasteiger partial charge is 0.355 e. The maximum atomic E-state index is 12.4.